The Kier molecular flexibility index (Phi) is 6.66. The zero-order chi connectivity index (χ0) is 24.6. The van der Waals surface area contributed by atoms with Gasteiger partial charge in [-0.3, -0.25) is 9.59 Å². The molecule has 0 saturated carbocycles. The first kappa shape index (κ1) is 23.8. The van der Waals surface area contributed by atoms with Crippen LogP contribution in [0.3, 0.4) is 0 Å². The minimum Gasteiger partial charge on any atom is -0.423 e. The second kappa shape index (κ2) is 9.50. The van der Waals surface area contributed by atoms with Crippen LogP contribution in [0.2, 0.25) is 10.0 Å². The van der Waals surface area contributed by atoms with Crippen LogP contribution in [-0.4, -0.2) is 17.8 Å². The number of imide groups is 1. The van der Waals surface area contributed by atoms with E-state index in [4.69, 9.17) is 39.5 Å². The lowest BCUT2D eigenvalue weighted by atomic mass is 10.1. The molecule has 1 aliphatic heterocycles. The number of ether oxygens (including phenoxy) is 1. The Morgan fingerprint density at radius 1 is 0.853 bits per heavy atom. The number of rotatable bonds is 5. The van der Waals surface area contributed by atoms with Crippen LogP contribution in [-0.2, 0) is 9.59 Å². The van der Waals surface area contributed by atoms with Crippen LogP contribution in [0.15, 0.2) is 71.4 Å². The number of halogens is 3. The predicted octanol–water partition coefficient (Wildman–Crippen LogP) is 6.27. The summed E-state index contributed by atoms with van der Waals surface area (Å²) in [6.45, 7) is 3.91. The van der Waals surface area contributed by atoms with Gasteiger partial charge in [-0.2, -0.15) is 0 Å². The van der Waals surface area contributed by atoms with Crippen molar-refractivity contribution in [3.63, 3.8) is 0 Å². The van der Waals surface area contributed by atoms with E-state index in [1.807, 2.05) is 19.9 Å². The molecule has 4 rings (SSSR count). The molecule has 0 bridgehead atoms. The first-order valence-electron chi connectivity index (χ1n) is 10.1. The lowest BCUT2D eigenvalue weighted by Crippen LogP contribution is -2.32. The number of amides is 2. The fourth-order valence-corrected chi connectivity index (χ4v) is 3.98. The molecule has 9 heteroatoms. The van der Waals surface area contributed by atoms with E-state index >= 15 is 0 Å². The van der Waals surface area contributed by atoms with E-state index in [9.17, 15) is 14.4 Å². The minimum atomic E-state index is -0.716. The largest absolute Gasteiger partial charge is 0.423 e. The normalized spacial score (nSPS) is 13.5. The number of hydrogen-bond donors (Lipinski definition) is 1. The molecule has 0 aliphatic carbocycles. The van der Waals surface area contributed by atoms with Crippen molar-refractivity contribution in [2.75, 3.05) is 10.2 Å². The summed E-state index contributed by atoms with van der Waals surface area (Å²) in [4.78, 5) is 38.9. The summed E-state index contributed by atoms with van der Waals surface area (Å²) in [7, 11) is 0. The lowest BCUT2D eigenvalue weighted by molar-refractivity contribution is -0.120. The Balaban J connectivity index is 1.49. The second-order valence-electron chi connectivity index (χ2n) is 7.57. The lowest BCUT2D eigenvalue weighted by Gasteiger charge is -2.16. The molecule has 0 radical (unpaired) electrons. The van der Waals surface area contributed by atoms with E-state index < -0.39 is 17.8 Å². The predicted molar refractivity (Wildman–Crippen MR) is 133 cm³/mol. The van der Waals surface area contributed by atoms with Crippen molar-refractivity contribution in [2.24, 2.45) is 0 Å². The number of benzene rings is 3. The maximum absolute atomic E-state index is 12.9. The van der Waals surface area contributed by atoms with Crippen LogP contribution < -0.4 is 15.0 Å². The Morgan fingerprint density at radius 3 is 2.21 bits per heavy atom. The molecule has 1 aliphatic rings. The zero-order valence-corrected chi connectivity index (χ0v) is 20.3. The molecule has 3 aromatic carbocycles. The third kappa shape index (κ3) is 4.66. The third-order valence-corrected chi connectivity index (χ3v) is 6.15. The fraction of sp³-hybridized carbons (Fsp3) is 0.0800. The SMILES string of the molecule is Cc1ccc(OC(=O)c2ccc(NC3=C(Cl)C(=O)N(c4ccc(Cl)cc4Cl)C3=O)cc2)cc1C. The summed E-state index contributed by atoms with van der Waals surface area (Å²) in [5.74, 6) is -1.46. The van der Waals surface area contributed by atoms with E-state index in [0.717, 1.165) is 16.0 Å². The Morgan fingerprint density at radius 2 is 1.56 bits per heavy atom. The van der Waals surface area contributed by atoms with Crippen molar-refractivity contribution >= 4 is 64.0 Å². The molecule has 34 heavy (non-hydrogen) atoms. The van der Waals surface area contributed by atoms with Gasteiger partial charge in [0.2, 0.25) is 0 Å². The molecular formula is C25H17Cl3N2O4. The topological polar surface area (TPSA) is 75.7 Å². The molecule has 2 amide bonds. The van der Waals surface area contributed by atoms with Crippen molar-refractivity contribution in [3.8, 4) is 5.75 Å². The number of carbonyl (C=O) groups is 3. The molecule has 1 N–H and O–H groups in total. The fourth-order valence-electron chi connectivity index (χ4n) is 3.27. The van der Waals surface area contributed by atoms with Crippen LogP contribution in [0.5, 0.6) is 5.75 Å². The number of aryl methyl sites for hydroxylation is 2. The summed E-state index contributed by atoms with van der Waals surface area (Å²) >= 11 is 18.2. The number of nitrogens with one attached hydrogen (secondary N) is 1. The van der Waals surface area contributed by atoms with Crippen molar-refractivity contribution in [1.29, 1.82) is 0 Å². The van der Waals surface area contributed by atoms with Crippen molar-refractivity contribution in [2.45, 2.75) is 13.8 Å². The number of nitrogens with zero attached hydrogens (tertiary/aromatic N) is 1. The summed E-state index contributed by atoms with van der Waals surface area (Å²) in [5.41, 5.74) is 2.93. The average Bonchev–Trinajstić information content (AvgIpc) is 3.00. The van der Waals surface area contributed by atoms with Gasteiger partial charge in [0.1, 0.15) is 16.5 Å². The van der Waals surface area contributed by atoms with E-state index in [-0.39, 0.29) is 21.4 Å². The van der Waals surface area contributed by atoms with Crippen molar-refractivity contribution in [1.82, 2.24) is 0 Å². The van der Waals surface area contributed by atoms with Crippen molar-refractivity contribution < 1.29 is 19.1 Å². The molecule has 1 heterocycles. The quantitative estimate of drug-likeness (QED) is 0.246. The van der Waals surface area contributed by atoms with Gasteiger partial charge in [-0.05, 0) is 79.6 Å². The molecular weight excluding hydrogens is 499 g/mol. The summed E-state index contributed by atoms with van der Waals surface area (Å²) < 4.78 is 5.42. The van der Waals surface area contributed by atoms with Gasteiger partial charge in [0.05, 0.1) is 16.3 Å². The van der Waals surface area contributed by atoms with Crippen LogP contribution in [0.4, 0.5) is 11.4 Å². The zero-order valence-electron chi connectivity index (χ0n) is 18.0. The van der Waals surface area contributed by atoms with Gasteiger partial charge < -0.3 is 10.1 Å². The highest BCUT2D eigenvalue weighted by Gasteiger charge is 2.39. The highest BCUT2D eigenvalue weighted by molar-refractivity contribution is 6.53. The van der Waals surface area contributed by atoms with Crippen LogP contribution in [0.1, 0.15) is 21.5 Å². The monoisotopic (exact) mass is 514 g/mol. The Labute approximate surface area is 210 Å². The van der Waals surface area contributed by atoms with E-state index in [1.165, 1.54) is 30.3 Å². The molecule has 0 saturated heterocycles. The molecule has 6 nitrogen and oxygen atoms in total. The molecule has 172 valence electrons. The molecule has 3 aromatic rings. The number of esters is 1. The maximum atomic E-state index is 12.9. The molecule has 0 aromatic heterocycles. The van der Waals surface area contributed by atoms with Gasteiger partial charge in [0.15, 0.2) is 0 Å². The maximum Gasteiger partial charge on any atom is 0.343 e. The van der Waals surface area contributed by atoms with Crippen LogP contribution in [0, 0.1) is 13.8 Å². The summed E-state index contributed by atoms with van der Waals surface area (Å²) in [5, 5.41) is 3.06. The van der Waals surface area contributed by atoms with E-state index in [0.29, 0.717) is 22.0 Å². The Hall–Kier alpha value is -3.32. The number of hydrogen-bond acceptors (Lipinski definition) is 5. The van der Waals surface area contributed by atoms with E-state index in [2.05, 4.69) is 5.32 Å². The second-order valence-corrected chi connectivity index (χ2v) is 8.79. The Bertz CT molecular complexity index is 1370. The highest BCUT2D eigenvalue weighted by atomic mass is 35.5. The van der Waals surface area contributed by atoms with Gasteiger partial charge >= 0.3 is 5.97 Å². The van der Waals surface area contributed by atoms with Gasteiger partial charge in [-0.25, -0.2) is 9.69 Å². The summed E-state index contributed by atoms with van der Waals surface area (Å²) in [6.07, 6.45) is 0. The minimum absolute atomic E-state index is 0.108. The first-order chi connectivity index (χ1) is 16.2. The number of anilines is 2. The highest BCUT2D eigenvalue weighted by Crippen LogP contribution is 2.35. The van der Waals surface area contributed by atoms with Crippen LogP contribution in [0.25, 0.3) is 0 Å². The van der Waals surface area contributed by atoms with E-state index in [1.54, 1.807) is 24.3 Å². The average molecular weight is 516 g/mol. The third-order valence-electron chi connectivity index (χ3n) is 5.26. The van der Waals surface area contributed by atoms with Gasteiger partial charge in [-0.15, -0.1) is 0 Å². The molecule has 0 unspecified atom stereocenters. The smallest absolute Gasteiger partial charge is 0.343 e. The van der Waals surface area contributed by atoms with Gasteiger partial charge in [0.25, 0.3) is 11.8 Å². The van der Waals surface area contributed by atoms with Crippen LogP contribution >= 0.6 is 34.8 Å². The van der Waals surface area contributed by atoms with Gasteiger partial charge in [-0.1, -0.05) is 40.9 Å². The molecule has 0 fully saturated rings. The number of carbonyl (C=O) groups excluding carboxylic acids is 3. The van der Waals surface area contributed by atoms with Gasteiger partial charge in [0, 0.05) is 10.7 Å². The summed E-state index contributed by atoms with van der Waals surface area (Å²) in [6, 6.07) is 16.0. The molecule has 0 spiro atoms. The van der Waals surface area contributed by atoms with Crippen molar-refractivity contribution in [3.05, 3.63) is 98.1 Å². The standard InChI is InChI=1S/C25H17Cl3N2O4/c1-13-3-9-18(11-14(13)2)34-25(33)15-4-7-17(8-5-15)29-22-21(28)23(31)30(24(22)32)20-10-6-16(26)12-19(20)27/h3-12,29H,1-2H3. The first-order valence-corrected chi connectivity index (χ1v) is 11.2. The molecule has 0 atom stereocenters.